The molecule has 4 fully saturated rings. The predicted octanol–water partition coefficient (Wildman–Crippen LogP) is 19.1. The largest absolute Gasteiger partial charge is 0.355 e. The second-order valence-corrected chi connectivity index (χ2v) is 25.3. The van der Waals surface area contributed by atoms with E-state index >= 15 is 0 Å². The molecule has 1 saturated heterocycles. The molecule has 0 N–H and O–H groups in total. The summed E-state index contributed by atoms with van der Waals surface area (Å²) in [5.74, 6) is 5.06. The maximum atomic E-state index is 6.20. The third kappa shape index (κ3) is 16.3. The molecule has 7 unspecified atom stereocenters. The number of allylic oxidation sites excluding steroid dienone is 6. The Morgan fingerprint density at radius 3 is 2.09 bits per heavy atom. The first-order valence-electron chi connectivity index (χ1n) is 29.8. The van der Waals surface area contributed by atoms with Crippen molar-refractivity contribution in [2.45, 2.75) is 267 Å². The summed E-state index contributed by atoms with van der Waals surface area (Å²) < 4.78 is 12.2. The molecule has 5 rings (SSSR count). The molecule has 4 aliphatic carbocycles. The molecule has 0 aromatic heterocycles. The molecular formula is C63H113NO2. The Morgan fingerprint density at radius 2 is 1.35 bits per heavy atom. The van der Waals surface area contributed by atoms with Crippen LogP contribution in [0.3, 0.4) is 0 Å². The molecule has 3 heteroatoms. The molecule has 0 spiro atoms. The van der Waals surface area contributed by atoms with E-state index in [1.54, 1.807) is 0 Å². The number of unbranched alkanes of at least 4 members (excludes halogenated alkanes) is 13. The fraction of sp³-hybridized carbons (Fsp3) is 0.905. The minimum absolute atomic E-state index is 0.454. The fourth-order valence-electron chi connectivity index (χ4n) is 15.5. The normalized spacial score (nSPS) is 31.3. The van der Waals surface area contributed by atoms with Gasteiger partial charge >= 0.3 is 0 Å². The van der Waals surface area contributed by atoms with Gasteiger partial charge < -0.3 is 14.4 Å². The molecule has 5 aliphatic rings. The Kier molecular flexibility index (Phi) is 25.0. The summed E-state index contributed by atoms with van der Waals surface area (Å²) >= 11 is 0. The summed E-state index contributed by atoms with van der Waals surface area (Å²) in [6, 6.07) is 0. The summed E-state index contributed by atoms with van der Waals surface area (Å²) in [6.45, 7) is 26.8. The topological polar surface area (TPSA) is 21.7 Å². The Labute approximate surface area is 412 Å². The minimum atomic E-state index is 0.454. The monoisotopic (exact) mass is 916 g/mol. The van der Waals surface area contributed by atoms with Gasteiger partial charge in [0.1, 0.15) is 6.79 Å². The Balaban J connectivity index is 0.920. The molecule has 0 bridgehead atoms. The zero-order valence-corrected chi connectivity index (χ0v) is 45.7. The zero-order chi connectivity index (χ0) is 47.1. The van der Waals surface area contributed by atoms with Crippen molar-refractivity contribution < 1.29 is 9.47 Å². The first-order valence-corrected chi connectivity index (χ1v) is 29.8. The lowest BCUT2D eigenvalue weighted by Crippen LogP contribution is -2.57. The van der Waals surface area contributed by atoms with Gasteiger partial charge in [0.2, 0.25) is 0 Å². The van der Waals surface area contributed by atoms with Crippen molar-refractivity contribution in [2.24, 2.45) is 57.2 Å². The van der Waals surface area contributed by atoms with Crippen molar-refractivity contribution in [1.29, 1.82) is 0 Å². The summed E-state index contributed by atoms with van der Waals surface area (Å²) in [7, 11) is 0. The Bertz CT molecular complexity index is 1390. The predicted molar refractivity (Wildman–Crippen MR) is 288 cm³/mol. The number of nitrogens with zero attached hydrogens (tertiary/aromatic N) is 1. The lowest BCUT2D eigenvalue weighted by Gasteiger charge is -2.65. The highest BCUT2D eigenvalue weighted by molar-refractivity contribution is 5.28. The molecule has 3 saturated carbocycles. The van der Waals surface area contributed by atoms with E-state index in [1.165, 1.54) is 225 Å². The van der Waals surface area contributed by atoms with Crippen LogP contribution in [0, 0.1) is 57.2 Å². The Hall–Kier alpha value is -0.900. The van der Waals surface area contributed by atoms with Crippen molar-refractivity contribution in [3.8, 4) is 0 Å². The SMILES string of the molecule is CCCCC/C=C\C/C=C\CCCCCCCCOCOCC(CCCCCCCC1CCC2(C)C(=CCC3(C)C2CCC2(C)C3CC[C@]2(C)[C@H](C)CCCC(C)C)C1)CN1CCCCC1. The van der Waals surface area contributed by atoms with Crippen molar-refractivity contribution in [1.82, 2.24) is 4.90 Å². The van der Waals surface area contributed by atoms with Gasteiger partial charge in [0.05, 0.1) is 6.61 Å². The zero-order valence-electron chi connectivity index (χ0n) is 45.7. The van der Waals surface area contributed by atoms with Gasteiger partial charge in [0.25, 0.3) is 0 Å². The molecule has 1 aliphatic heterocycles. The number of hydrogen-bond donors (Lipinski definition) is 0. The smallest absolute Gasteiger partial charge is 0.146 e. The third-order valence-corrected chi connectivity index (χ3v) is 20.1. The van der Waals surface area contributed by atoms with Crippen LogP contribution in [0.2, 0.25) is 0 Å². The third-order valence-electron chi connectivity index (χ3n) is 20.1. The van der Waals surface area contributed by atoms with Crippen LogP contribution in [-0.2, 0) is 9.47 Å². The highest BCUT2D eigenvalue weighted by Crippen LogP contribution is 2.75. The number of likely N-dealkylation sites (tertiary alicyclic amines) is 1. The number of rotatable bonds is 34. The molecule has 0 aromatic carbocycles. The maximum absolute atomic E-state index is 6.20. The van der Waals surface area contributed by atoms with Gasteiger partial charge in [-0.25, -0.2) is 0 Å². The lowest BCUT2D eigenvalue weighted by atomic mass is 9.39. The van der Waals surface area contributed by atoms with Gasteiger partial charge in [-0.15, -0.1) is 0 Å². The summed E-state index contributed by atoms with van der Waals surface area (Å²) in [6.07, 6.45) is 57.6. The van der Waals surface area contributed by atoms with Crippen LogP contribution in [0.5, 0.6) is 0 Å². The average molecular weight is 917 g/mol. The van der Waals surface area contributed by atoms with E-state index in [0.29, 0.717) is 34.4 Å². The minimum Gasteiger partial charge on any atom is -0.355 e. The van der Waals surface area contributed by atoms with Crippen LogP contribution < -0.4 is 0 Å². The van der Waals surface area contributed by atoms with Gasteiger partial charge in [-0.1, -0.05) is 194 Å². The van der Waals surface area contributed by atoms with Crippen molar-refractivity contribution in [3.05, 3.63) is 36.0 Å². The summed E-state index contributed by atoms with van der Waals surface area (Å²) in [5.41, 5.74) is 3.86. The second-order valence-electron chi connectivity index (χ2n) is 25.3. The first kappa shape index (κ1) is 56.0. The molecule has 3 nitrogen and oxygen atoms in total. The molecule has 1 heterocycles. The summed E-state index contributed by atoms with van der Waals surface area (Å²) in [4.78, 5) is 2.73. The summed E-state index contributed by atoms with van der Waals surface area (Å²) in [5, 5.41) is 0. The molecule has 0 amide bonds. The van der Waals surface area contributed by atoms with Crippen LogP contribution in [0.15, 0.2) is 36.0 Å². The van der Waals surface area contributed by atoms with E-state index in [0.717, 1.165) is 49.2 Å². The van der Waals surface area contributed by atoms with Crippen LogP contribution >= 0.6 is 0 Å². The van der Waals surface area contributed by atoms with Gasteiger partial charge in [-0.2, -0.15) is 0 Å². The number of hydrogen-bond acceptors (Lipinski definition) is 3. The van der Waals surface area contributed by atoms with Crippen LogP contribution in [0.1, 0.15) is 267 Å². The van der Waals surface area contributed by atoms with E-state index in [4.69, 9.17) is 9.47 Å². The van der Waals surface area contributed by atoms with Crippen molar-refractivity contribution >= 4 is 0 Å². The van der Waals surface area contributed by atoms with E-state index in [2.05, 4.69) is 90.7 Å². The Morgan fingerprint density at radius 1 is 0.667 bits per heavy atom. The van der Waals surface area contributed by atoms with E-state index < -0.39 is 0 Å². The number of fused-ring (bicyclic) bond motifs is 5. The van der Waals surface area contributed by atoms with Gasteiger partial charge in [0.15, 0.2) is 0 Å². The number of piperidine rings is 1. The molecule has 0 aromatic rings. The van der Waals surface area contributed by atoms with Gasteiger partial charge in [0, 0.05) is 13.2 Å². The quantitative estimate of drug-likeness (QED) is 0.0365. The molecule has 0 radical (unpaired) electrons. The standard InChI is InChI=1S/C63H113NO2/c1-9-10-11-12-13-14-15-16-17-18-19-20-21-22-26-32-48-65-52-66-51-56(50-64-46-30-27-31-47-64)37-29-25-23-24-28-36-55-38-42-60(5)57(49-55)39-43-61(6)58(60)40-45-63(8)59(61)41-44-62(63,7)54(4)35-33-34-53(2)3/h13-14,16-17,39,53-56,58-59H,9-12,15,18-38,40-52H2,1-8H3/b14-13-,17-16-/t54-,55?,56?,58?,59?,60?,61?,62-,63?/m1/s1. The number of ether oxygens (including phenoxy) is 2. The highest BCUT2D eigenvalue weighted by atomic mass is 16.7. The van der Waals surface area contributed by atoms with E-state index in [9.17, 15) is 0 Å². The molecule has 9 atom stereocenters. The van der Waals surface area contributed by atoms with Crippen LogP contribution in [-0.4, -0.2) is 44.5 Å². The fourth-order valence-corrected chi connectivity index (χ4v) is 15.5. The highest BCUT2D eigenvalue weighted by Gasteiger charge is 2.67. The van der Waals surface area contributed by atoms with Crippen LogP contribution in [0.4, 0.5) is 0 Å². The lowest BCUT2D eigenvalue weighted by molar-refractivity contribution is -0.134. The van der Waals surface area contributed by atoms with E-state index in [1.807, 2.05) is 5.57 Å². The second kappa shape index (κ2) is 29.4. The van der Waals surface area contributed by atoms with Gasteiger partial charge in [-0.3, -0.25) is 0 Å². The van der Waals surface area contributed by atoms with E-state index in [-0.39, 0.29) is 0 Å². The first-order chi connectivity index (χ1) is 32.0. The van der Waals surface area contributed by atoms with Crippen LogP contribution in [0.25, 0.3) is 0 Å². The molecular weight excluding hydrogens is 803 g/mol. The van der Waals surface area contributed by atoms with Crippen molar-refractivity contribution in [2.75, 3.05) is 39.6 Å². The molecule has 66 heavy (non-hydrogen) atoms. The molecule has 382 valence electrons. The van der Waals surface area contributed by atoms with Gasteiger partial charge in [-0.05, 0) is 179 Å². The maximum Gasteiger partial charge on any atom is 0.146 e. The van der Waals surface area contributed by atoms with Crippen molar-refractivity contribution in [3.63, 3.8) is 0 Å². The average Bonchev–Trinajstić information content (AvgIpc) is 3.59.